The molecular formula is C11H14N4O2. The topological polar surface area (TPSA) is 96.9 Å². The lowest BCUT2D eigenvalue weighted by Gasteiger charge is -1.98. The minimum Gasteiger partial charge on any atom is -0.460 e. The molecule has 0 saturated carbocycles. The summed E-state index contributed by atoms with van der Waals surface area (Å²) in [5, 5.41) is 9.32. The summed E-state index contributed by atoms with van der Waals surface area (Å²) < 4.78 is 5.42. The normalized spacial score (nSPS) is 10.5. The van der Waals surface area contributed by atoms with E-state index in [0.29, 0.717) is 30.2 Å². The van der Waals surface area contributed by atoms with Gasteiger partial charge in [0.05, 0.1) is 0 Å². The molecule has 0 unspecified atom stereocenters. The summed E-state index contributed by atoms with van der Waals surface area (Å²) in [6.45, 7) is 2.69. The number of furan rings is 1. The van der Waals surface area contributed by atoms with Crippen LogP contribution in [0.2, 0.25) is 0 Å². The highest BCUT2D eigenvalue weighted by Gasteiger charge is 2.12. The molecule has 6 nitrogen and oxygen atoms in total. The van der Waals surface area contributed by atoms with Gasteiger partial charge < -0.3 is 15.5 Å². The first kappa shape index (κ1) is 11.4. The van der Waals surface area contributed by atoms with Gasteiger partial charge in [0.2, 0.25) is 0 Å². The number of aryl methyl sites for hydroxylation is 1. The average molecular weight is 234 g/mol. The fourth-order valence-electron chi connectivity index (χ4n) is 1.42. The fourth-order valence-corrected chi connectivity index (χ4v) is 1.42. The maximum absolute atomic E-state index is 11.6. The van der Waals surface area contributed by atoms with Gasteiger partial charge in [-0.15, -0.1) is 0 Å². The van der Waals surface area contributed by atoms with Crippen molar-refractivity contribution in [3.63, 3.8) is 0 Å². The molecule has 2 rings (SSSR count). The molecule has 1 amide bonds. The molecule has 0 aliphatic heterocycles. The van der Waals surface area contributed by atoms with E-state index in [9.17, 15) is 4.79 Å². The van der Waals surface area contributed by atoms with Crippen molar-refractivity contribution in [3.8, 4) is 11.5 Å². The van der Waals surface area contributed by atoms with Crippen molar-refractivity contribution < 1.29 is 9.21 Å². The van der Waals surface area contributed by atoms with E-state index in [2.05, 4.69) is 15.5 Å². The van der Waals surface area contributed by atoms with Crippen molar-refractivity contribution in [1.82, 2.24) is 15.5 Å². The molecule has 0 aliphatic rings. The number of hydrogen-bond acceptors (Lipinski definition) is 4. The van der Waals surface area contributed by atoms with Crippen LogP contribution in [0, 0.1) is 6.92 Å². The maximum atomic E-state index is 11.6. The molecule has 4 N–H and O–H groups in total. The summed E-state index contributed by atoms with van der Waals surface area (Å²) in [6.07, 6.45) is 0. The molecule has 0 spiro atoms. The van der Waals surface area contributed by atoms with Crippen molar-refractivity contribution in [2.75, 3.05) is 13.1 Å². The van der Waals surface area contributed by atoms with Crippen molar-refractivity contribution in [2.24, 2.45) is 5.73 Å². The molecule has 0 aromatic carbocycles. The second kappa shape index (κ2) is 4.84. The van der Waals surface area contributed by atoms with Crippen LogP contribution in [-0.4, -0.2) is 29.2 Å². The number of carbonyl (C=O) groups excluding carboxylic acids is 1. The van der Waals surface area contributed by atoms with Gasteiger partial charge in [-0.3, -0.25) is 9.89 Å². The van der Waals surface area contributed by atoms with Gasteiger partial charge in [-0.05, 0) is 19.1 Å². The highest BCUT2D eigenvalue weighted by molar-refractivity contribution is 5.93. The van der Waals surface area contributed by atoms with Crippen LogP contribution in [0.15, 0.2) is 22.6 Å². The average Bonchev–Trinajstić information content (AvgIpc) is 2.93. The molecule has 0 radical (unpaired) electrons. The van der Waals surface area contributed by atoms with Crippen molar-refractivity contribution >= 4 is 5.91 Å². The second-order valence-corrected chi connectivity index (χ2v) is 3.62. The monoisotopic (exact) mass is 234 g/mol. The van der Waals surface area contributed by atoms with Gasteiger partial charge >= 0.3 is 0 Å². The van der Waals surface area contributed by atoms with Crippen LogP contribution >= 0.6 is 0 Å². The molecule has 0 atom stereocenters. The van der Waals surface area contributed by atoms with Gasteiger partial charge in [-0.2, -0.15) is 5.10 Å². The van der Waals surface area contributed by atoms with Crippen LogP contribution in [0.5, 0.6) is 0 Å². The Morgan fingerprint density at radius 2 is 2.41 bits per heavy atom. The molecule has 2 aromatic heterocycles. The molecule has 0 fully saturated rings. The predicted octanol–water partition coefficient (Wildman–Crippen LogP) is 0.667. The number of hydrogen-bond donors (Lipinski definition) is 3. The van der Waals surface area contributed by atoms with Crippen molar-refractivity contribution in [2.45, 2.75) is 6.92 Å². The smallest absolute Gasteiger partial charge is 0.271 e. The first-order valence-electron chi connectivity index (χ1n) is 5.31. The molecule has 0 aliphatic carbocycles. The largest absolute Gasteiger partial charge is 0.460 e. The van der Waals surface area contributed by atoms with E-state index in [1.54, 1.807) is 6.07 Å². The summed E-state index contributed by atoms with van der Waals surface area (Å²) in [7, 11) is 0. The summed E-state index contributed by atoms with van der Waals surface area (Å²) >= 11 is 0. The summed E-state index contributed by atoms with van der Waals surface area (Å²) in [4.78, 5) is 11.6. The molecule has 0 bridgehead atoms. The number of amides is 1. The minimum atomic E-state index is -0.249. The summed E-state index contributed by atoms with van der Waals surface area (Å²) in [6, 6.07) is 5.32. The molecule has 2 aromatic rings. The Hall–Kier alpha value is -2.08. The fraction of sp³-hybridized carbons (Fsp3) is 0.273. The Morgan fingerprint density at radius 1 is 1.59 bits per heavy atom. The third-order valence-electron chi connectivity index (χ3n) is 2.25. The van der Waals surface area contributed by atoms with Gasteiger partial charge in [0.15, 0.2) is 11.5 Å². The van der Waals surface area contributed by atoms with E-state index < -0.39 is 0 Å². The molecular weight excluding hydrogens is 220 g/mol. The number of H-pyrrole nitrogens is 1. The zero-order chi connectivity index (χ0) is 12.3. The maximum Gasteiger partial charge on any atom is 0.271 e. The lowest BCUT2D eigenvalue weighted by atomic mass is 10.3. The highest BCUT2D eigenvalue weighted by Crippen LogP contribution is 2.20. The van der Waals surface area contributed by atoms with Gasteiger partial charge in [0, 0.05) is 19.2 Å². The van der Waals surface area contributed by atoms with Crippen LogP contribution in [0.25, 0.3) is 11.5 Å². The van der Waals surface area contributed by atoms with Crippen molar-refractivity contribution in [3.05, 3.63) is 29.7 Å². The number of carbonyl (C=O) groups is 1. The second-order valence-electron chi connectivity index (χ2n) is 3.62. The van der Waals surface area contributed by atoms with E-state index in [-0.39, 0.29) is 5.91 Å². The molecule has 0 saturated heterocycles. The lowest BCUT2D eigenvalue weighted by Crippen LogP contribution is -2.29. The van der Waals surface area contributed by atoms with Crippen molar-refractivity contribution in [1.29, 1.82) is 0 Å². The lowest BCUT2D eigenvalue weighted by molar-refractivity contribution is 0.0950. The highest BCUT2D eigenvalue weighted by atomic mass is 16.3. The molecule has 6 heteroatoms. The van der Waals surface area contributed by atoms with E-state index in [4.69, 9.17) is 10.2 Å². The van der Waals surface area contributed by atoms with Crippen LogP contribution in [0.3, 0.4) is 0 Å². The molecule has 2 heterocycles. The SMILES string of the molecule is Cc1ccc(-c2cc(C(=O)NCCN)n[nH]2)o1. The number of rotatable bonds is 4. The van der Waals surface area contributed by atoms with Crippen LogP contribution < -0.4 is 11.1 Å². The number of aromatic nitrogens is 2. The Labute approximate surface area is 98.2 Å². The number of nitrogens with two attached hydrogens (primary N) is 1. The number of nitrogens with one attached hydrogen (secondary N) is 2. The Bertz CT molecular complexity index is 515. The van der Waals surface area contributed by atoms with Crippen LogP contribution in [0.4, 0.5) is 0 Å². The van der Waals surface area contributed by atoms with Crippen LogP contribution in [0.1, 0.15) is 16.2 Å². The summed E-state index contributed by atoms with van der Waals surface area (Å²) in [5.41, 5.74) is 6.29. The van der Waals surface area contributed by atoms with Gasteiger partial charge in [0.1, 0.15) is 11.5 Å². The van der Waals surface area contributed by atoms with Gasteiger partial charge in [-0.25, -0.2) is 0 Å². The van der Waals surface area contributed by atoms with Gasteiger partial charge in [0.25, 0.3) is 5.91 Å². The van der Waals surface area contributed by atoms with E-state index >= 15 is 0 Å². The van der Waals surface area contributed by atoms with E-state index in [1.165, 1.54) is 0 Å². The first-order valence-corrected chi connectivity index (χ1v) is 5.31. The number of nitrogens with zero attached hydrogens (tertiary/aromatic N) is 1. The molecule has 90 valence electrons. The quantitative estimate of drug-likeness (QED) is 0.724. The number of aromatic amines is 1. The molecule has 17 heavy (non-hydrogen) atoms. The van der Waals surface area contributed by atoms with Gasteiger partial charge in [-0.1, -0.05) is 0 Å². The Balaban J connectivity index is 2.13. The zero-order valence-corrected chi connectivity index (χ0v) is 9.49. The Morgan fingerprint density at radius 3 is 3.06 bits per heavy atom. The third-order valence-corrected chi connectivity index (χ3v) is 2.25. The van der Waals surface area contributed by atoms with E-state index in [1.807, 2.05) is 19.1 Å². The standard InChI is InChI=1S/C11H14N4O2/c1-7-2-3-10(17-7)8-6-9(15-14-8)11(16)13-5-4-12/h2-3,6H,4-5,12H2,1H3,(H,13,16)(H,14,15). The Kier molecular flexibility index (Phi) is 3.24. The zero-order valence-electron chi connectivity index (χ0n) is 9.49. The first-order chi connectivity index (χ1) is 8.20. The van der Waals surface area contributed by atoms with Crippen LogP contribution in [-0.2, 0) is 0 Å². The van der Waals surface area contributed by atoms with E-state index in [0.717, 1.165) is 5.76 Å². The predicted molar refractivity (Wildman–Crippen MR) is 62.4 cm³/mol. The minimum absolute atomic E-state index is 0.249. The third kappa shape index (κ3) is 2.54. The summed E-state index contributed by atoms with van der Waals surface area (Å²) in [5.74, 6) is 1.22.